The van der Waals surface area contributed by atoms with Crippen LogP contribution in [0, 0.1) is 0 Å². The second-order valence-corrected chi connectivity index (χ2v) is 6.79. The molecule has 1 saturated heterocycles. The third kappa shape index (κ3) is 3.07. The molecule has 27 heavy (non-hydrogen) atoms. The second-order valence-electron chi connectivity index (χ2n) is 6.79. The number of carbonyl (C=O) groups excluding carboxylic acids is 2. The predicted octanol–water partition coefficient (Wildman–Crippen LogP) is 2.93. The predicted molar refractivity (Wildman–Crippen MR) is 106 cm³/mol. The number of carbonyl (C=O) groups is 2. The number of hydrogen-bond acceptors (Lipinski definition) is 4. The first-order valence-electron chi connectivity index (χ1n) is 9.14. The number of hydrogen-bond donors (Lipinski definition) is 0. The Bertz CT molecular complexity index is 929. The number of nitrogens with zero attached hydrogens (tertiary/aromatic N) is 4. The van der Waals surface area contributed by atoms with Crippen LogP contribution in [-0.4, -0.2) is 53.6 Å². The first-order chi connectivity index (χ1) is 13.1. The van der Waals surface area contributed by atoms with Crippen LogP contribution in [0.15, 0.2) is 53.5 Å². The lowest BCUT2D eigenvalue weighted by atomic mass is 10.1. The molecule has 2 aromatic rings. The van der Waals surface area contributed by atoms with Crippen LogP contribution in [0.3, 0.4) is 0 Å². The monoisotopic (exact) mass is 362 g/mol. The highest BCUT2D eigenvalue weighted by atomic mass is 16.2. The van der Waals surface area contributed by atoms with Crippen molar-refractivity contribution in [2.75, 3.05) is 31.1 Å². The fraction of sp³-hybridized carbons (Fsp3) is 0.286. The third-order valence-electron chi connectivity index (χ3n) is 5.07. The molecule has 0 unspecified atom stereocenters. The SMILES string of the molecule is CC(=O)N1CCN(C2=Nc3ccccc3N(C(C)=O)c3ccccc32)CC1. The summed E-state index contributed by atoms with van der Waals surface area (Å²) in [4.78, 5) is 34.9. The van der Waals surface area contributed by atoms with Gasteiger partial charge >= 0.3 is 0 Å². The third-order valence-corrected chi connectivity index (χ3v) is 5.07. The van der Waals surface area contributed by atoms with Gasteiger partial charge in [0.05, 0.1) is 17.1 Å². The van der Waals surface area contributed by atoms with E-state index in [4.69, 9.17) is 4.99 Å². The van der Waals surface area contributed by atoms with Crippen LogP contribution in [0.5, 0.6) is 0 Å². The molecule has 6 nitrogen and oxygen atoms in total. The Morgan fingerprint density at radius 2 is 1.44 bits per heavy atom. The highest BCUT2D eigenvalue weighted by molar-refractivity contribution is 6.13. The van der Waals surface area contributed by atoms with Gasteiger partial charge < -0.3 is 9.80 Å². The van der Waals surface area contributed by atoms with E-state index in [1.807, 2.05) is 53.4 Å². The first kappa shape index (κ1) is 17.3. The summed E-state index contributed by atoms with van der Waals surface area (Å²) in [7, 11) is 0. The Kier molecular flexibility index (Phi) is 4.39. The van der Waals surface area contributed by atoms with Crippen molar-refractivity contribution in [2.45, 2.75) is 13.8 Å². The second kappa shape index (κ2) is 6.87. The van der Waals surface area contributed by atoms with Crippen LogP contribution in [0.4, 0.5) is 17.1 Å². The van der Waals surface area contributed by atoms with Crippen LogP contribution >= 0.6 is 0 Å². The number of benzene rings is 2. The van der Waals surface area contributed by atoms with Crippen molar-refractivity contribution >= 4 is 34.7 Å². The zero-order chi connectivity index (χ0) is 19.0. The van der Waals surface area contributed by atoms with E-state index in [1.54, 1.807) is 18.7 Å². The van der Waals surface area contributed by atoms with Crippen LogP contribution in [-0.2, 0) is 9.59 Å². The molecule has 2 aliphatic heterocycles. The summed E-state index contributed by atoms with van der Waals surface area (Å²) < 4.78 is 0. The van der Waals surface area contributed by atoms with Gasteiger partial charge in [0, 0.05) is 45.6 Å². The zero-order valence-electron chi connectivity index (χ0n) is 15.6. The molecule has 2 amide bonds. The van der Waals surface area contributed by atoms with Gasteiger partial charge in [0.25, 0.3) is 0 Å². The molecule has 2 aromatic carbocycles. The fourth-order valence-corrected chi connectivity index (χ4v) is 3.72. The Morgan fingerprint density at radius 3 is 2.11 bits per heavy atom. The van der Waals surface area contributed by atoms with Crippen LogP contribution in [0.2, 0.25) is 0 Å². The fourth-order valence-electron chi connectivity index (χ4n) is 3.72. The smallest absolute Gasteiger partial charge is 0.228 e. The molecule has 0 radical (unpaired) electrons. The molecule has 0 bridgehead atoms. The lowest BCUT2D eigenvalue weighted by Crippen LogP contribution is -2.50. The summed E-state index contributed by atoms with van der Waals surface area (Å²) in [6.07, 6.45) is 0. The van der Waals surface area contributed by atoms with E-state index in [0.29, 0.717) is 13.1 Å². The van der Waals surface area contributed by atoms with Crippen molar-refractivity contribution in [2.24, 2.45) is 4.99 Å². The molecule has 4 rings (SSSR count). The van der Waals surface area contributed by atoms with Gasteiger partial charge in [-0.1, -0.05) is 24.3 Å². The number of amides is 2. The summed E-state index contributed by atoms with van der Waals surface area (Å²) in [5.41, 5.74) is 3.32. The molecule has 0 aliphatic carbocycles. The van der Waals surface area contributed by atoms with Crippen molar-refractivity contribution in [3.63, 3.8) is 0 Å². The van der Waals surface area contributed by atoms with Crippen LogP contribution in [0.25, 0.3) is 0 Å². The van der Waals surface area contributed by atoms with Crippen molar-refractivity contribution in [1.29, 1.82) is 0 Å². The summed E-state index contributed by atoms with van der Waals surface area (Å²) in [6.45, 7) is 5.96. The van der Waals surface area contributed by atoms with Gasteiger partial charge in [-0.25, -0.2) is 4.99 Å². The number of amidine groups is 1. The van der Waals surface area contributed by atoms with E-state index >= 15 is 0 Å². The minimum Gasteiger partial charge on any atom is -0.352 e. The van der Waals surface area contributed by atoms with E-state index in [0.717, 1.165) is 41.6 Å². The number of para-hydroxylation sites is 3. The average Bonchev–Trinajstić information content (AvgIpc) is 2.82. The summed E-state index contributed by atoms with van der Waals surface area (Å²) in [6, 6.07) is 15.6. The van der Waals surface area contributed by atoms with Gasteiger partial charge in [0.1, 0.15) is 5.84 Å². The van der Waals surface area contributed by atoms with Gasteiger partial charge in [-0.3, -0.25) is 14.5 Å². The van der Waals surface area contributed by atoms with Gasteiger partial charge in [0.15, 0.2) is 0 Å². The van der Waals surface area contributed by atoms with Gasteiger partial charge in [-0.15, -0.1) is 0 Å². The van der Waals surface area contributed by atoms with Gasteiger partial charge in [-0.2, -0.15) is 0 Å². The number of fused-ring (bicyclic) bond motifs is 2. The number of piperazine rings is 1. The van der Waals surface area contributed by atoms with E-state index in [1.165, 1.54) is 0 Å². The van der Waals surface area contributed by atoms with Crippen LogP contribution < -0.4 is 4.90 Å². The molecule has 0 saturated carbocycles. The molecular formula is C21H22N4O2. The highest BCUT2D eigenvalue weighted by Crippen LogP contribution is 2.40. The van der Waals surface area contributed by atoms with Crippen molar-refractivity contribution < 1.29 is 9.59 Å². The standard InChI is InChI=1S/C21H22N4O2/c1-15(26)23-11-13-24(14-12-23)21-17-7-3-5-9-19(17)25(16(2)27)20-10-6-4-8-18(20)22-21/h3-10H,11-14H2,1-2H3. The summed E-state index contributed by atoms with van der Waals surface area (Å²) in [5, 5.41) is 0. The van der Waals surface area contributed by atoms with Crippen molar-refractivity contribution in [1.82, 2.24) is 9.80 Å². The Balaban J connectivity index is 1.82. The maximum absolute atomic E-state index is 12.5. The largest absolute Gasteiger partial charge is 0.352 e. The van der Waals surface area contributed by atoms with E-state index in [9.17, 15) is 9.59 Å². The number of anilines is 2. The quantitative estimate of drug-likeness (QED) is 0.724. The molecular weight excluding hydrogens is 340 g/mol. The molecule has 6 heteroatoms. The van der Waals surface area contributed by atoms with E-state index < -0.39 is 0 Å². The van der Waals surface area contributed by atoms with E-state index in [2.05, 4.69) is 4.90 Å². The minimum absolute atomic E-state index is 0.0484. The highest BCUT2D eigenvalue weighted by Gasteiger charge is 2.29. The maximum Gasteiger partial charge on any atom is 0.228 e. The van der Waals surface area contributed by atoms with Crippen LogP contribution in [0.1, 0.15) is 19.4 Å². The molecule has 2 aliphatic rings. The normalized spacial score (nSPS) is 16.2. The Hall–Kier alpha value is -3.15. The molecule has 2 heterocycles. The number of aliphatic imine (C=N–C) groups is 1. The van der Waals surface area contributed by atoms with Gasteiger partial charge in [-0.05, 0) is 24.3 Å². The lowest BCUT2D eigenvalue weighted by Gasteiger charge is -2.36. The maximum atomic E-state index is 12.5. The summed E-state index contributed by atoms with van der Waals surface area (Å²) in [5.74, 6) is 0.906. The average molecular weight is 362 g/mol. The van der Waals surface area contributed by atoms with Crippen molar-refractivity contribution in [3.8, 4) is 0 Å². The molecule has 0 N–H and O–H groups in total. The molecule has 138 valence electrons. The Labute approximate surface area is 158 Å². The van der Waals surface area contributed by atoms with Gasteiger partial charge in [0.2, 0.25) is 11.8 Å². The molecule has 0 aromatic heterocycles. The summed E-state index contributed by atoms with van der Waals surface area (Å²) >= 11 is 0. The number of rotatable bonds is 0. The van der Waals surface area contributed by atoms with E-state index in [-0.39, 0.29) is 11.8 Å². The molecule has 0 spiro atoms. The topological polar surface area (TPSA) is 56.2 Å². The molecule has 1 fully saturated rings. The minimum atomic E-state index is -0.0484. The lowest BCUT2D eigenvalue weighted by molar-refractivity contribution is -0.130. The van der Waals surface area contributed by atoms with Crippen molar-refractivity contribution in [3.05, 3.63) is 54.1 Å². The molecule has 0 atom stereocenters. The zero-order valence-corrected chi connectivity index (χ0v) is 15.6. The first-order valence-corrected chi connectivity index (χ1v) is 9.14. The Morgan fingerprint density at radius 1 is 0.815 bits per heavy atom.